The smallest absolute Gasteiger partial charge is 0.264 e. The van der Waals surface area contributed by atoms with Gasteiger partial charge in [-0.3, -0.25) is 4.55 Å². The van der Waals surface area contributed by atoms with Crippen LogP contribution in [0.15, 0.2) is 18.2 Å². The molecule has 96 valence electrons. The molecule has 0 radical (unpaired) electrons. The number of hydrogen-bond donors (Lipinski definition) is 1. The molecule has 0 amide bonds. The van der Waals surface area contributed by atoms with Crippen LogP contribution in [0.1, 0.15) is 24.0 Å². The van der Waals surface area contributed by atoms with Crippen LogP contribution in [0.5, 0.6) is 5.75 Å². The van der Waals surface area contributed by atoms with Crippen molar-refractivity contribution in [3.05, 3.63) is 29.3 Å². The molecule has 0 heterocycles. The van der Waals surface area contributed by atoms with E-state index in [1.165, 1.54) is 0 Å². The van der Waals surface area contributed by atoms with Crippen molar-refractivity contribution in [3.8, 4) is 5.75 Å². The predicted molar refractivity (Wildman–Crippen MR) is 67.1 cm³/mol. The van der Waals surface area contributed by atoms with Gasteiger partial charge in [0.2, 0.25) is 0 Å². The maximum atomic E-state index is 10.5. The van der Waals surface area contributed by atoms with Gasteiger partial charge in [-0.05, 0) is 37.8 Å². The maximum Gasteiger partial charge on any atom is 0.264 e. The molecule has 4 nitrogen and oxygen atoms in total. The van der Waals surface area contributed by atoms with Crippen molar-refractivity contribution in [2.45, 2.75) is 26.7 Å². The molecule has 0 saturated heterocycles. The van der Waals surface area contributed by atoms with Gasteiger partial charge in [-0.15, -0.1) is 0 Å². The largest absolute Gasteiger partial charge is 0.493 e. The van der Waals surface area contributed by atoms with Crippen molar-refractivity contribution in [2.24, 2.45) is 0 Å². The van der Waals surface area contributed by atoms with Gasteiger partial charge in [0.05, 0.1) is 12.4 Å². The second-order valence-electron chi connectivity index (χ2n) is 4.06. The highest BCUT2D eigenvalue weighted by molar-refractivity contribution is 7.85. The summed E-state index contributed by atoms with van der Waals surface area (Å²) in [5.41, 5.74) is 2.14. The highest BCUT2D eigenvalue weighted by Crippen LogP contribution is 2.22. The van der Waals surface area contributed by atoms with Gasteiger partial charge in [-0.25, -0.2) is 0 Å². The van der Waals surface area contributed by atoms with Crippen LogP contribution in [0.3, 0.4) is 0 Å². The molecule has 0 aliphatic rings. The van der Waals surface area contributed by atoms with E-state index in [0.717, 1.165) is 16.9 Å². The first-order valence-electron chi connectivity index (χ1n) is 5.54. The van der Waals surface area contributed by atoms with Gasteiger partial charge < -0.3 is 4.74 Å². The van der Waals surface area contributed by atoms with Gasteiger partial charge in [-0.1, -0.05) is 18.2 Å². The third kappa shape index (κ3) is 5.19. The minimum absolute atomic E-state index is 0.205. The zero-order chi connectivity index (χ0) is 12.9. The average Bonchev–Trinajstić information content (AvgIpc) is 2.20. The summed E-state index contributed by atoms with van der Waals surface area (Å²) in [4.78, 5) is 0. The number of unbranched alkanes of at least 4 members (excludes halogenated alkanes) is 1. The Kier molecular flexibility index (Phi) is 4.96. The second-order valence-corrected chi connectivity index (χ2v) is 5.63. The first-order valence-corrected chi connectivity index (χ1v) is 7.15. The number of para-hydroxylation sites is 1. The lowest BCUT2D eigenvalue weighted by Crippen LogP contribution is -2.06. The Morgan fingerprint density at radius 2 is 1.76 bits per heavy atom. The van der Waals surface area contributed by atoms with E-state index >= 15 is 0 Å². The number of rotatable bonds is 6. The molecule has 1 rings (SSSR count). The molecule has 0 saturated carbocycles. The third-order valence-electron chi connectivity index (χ3n) is 2.45. The molecule has 0 bridgehead atoms. The van der Waals surface area contributed by atoms with Gasteiger partial charge in [0.25, 0.3) is 10.1 Å². The Balaban J connectivity index is 2.37. The predicted octanol–water partition coefficient (Wildman–Crippen LogP) is 2.35. The quantitative estimate of drug-likeness (QED) is 0.628. The summed E-state index contributed by atoms with van der Waals surface area (Å²) in [5.74, 6) is 0.655. The van der Waals surface area contributed by atoms with Crippen LogP contribution in [-0.2, 0) is 10.1 Å². The molecular weight excluding hydrogens is 240 g/mol. The van der Waals surface area contributed by atoms with Gasteiger partial charge in [0.1, 0.15) is 5.75 Å². The van der Waals surface area contributed by atoms with E-state index in [4.69, 9.17) is 9.29 Å². The van der Waals surface area contributed by atoms with Gasteiger partial charge in [0, 0.05) is 0 Å². The van der Waals surface area contributed by atoms with E-state index in [9.17, 15) is 8.42 Å². The molecule has 0 aliphatic carbocycles. The standard InChI is InChI=1S/C12H18O4S/c1-10-6-5-7-11(2)12(10)16-8-3-4-9-17(13,14)15/h5-7H,3-4,8-9H2,1-2H3,(H,13,14,15). The Bertz CT molecular complexity index is 445. The Labute approximate surface area is 102 Å². The first-order chi connectivity index (χ1) is 7.90. The van der Waals surface area contributed by atoms with Crippen LogP contribution in [0, 0.1) is 13.8 Å². The van der Waals surface area contributed by atoms with Crippen LogP contribution in [0.2, 0.25) is 0 Å². The van der Waals surface area contributed by atoms with E-state index in [1.54, 1.807) is 0 Å². The molecular formula is C12H18O4S. The van der Waals surface area contributed by atoms with E-state index in [2.05, 4.69) is 0 Å². The molecule has 17 heavy (non-hydrogen) atoms. The van der Waals surface area contributed by atoms with E-state index in [-0.39, 0.29) is 5.75 Å². The van der Waals surface area contributed by atoms with Crippen molar-refractivity contribution in [3.63, 3.8) is 0 Å². The van der Waals surface area contributed by atoms with Crippen LogP contribution in [0.4, 0.5) is 0 Å². The van der Waals surface area contributed by atoms with Crippen molar-refractivity contribution in [2.75, 3.05) is 12.4 Å². The molecule has 0 unspecified atom stereocenters. The number of aryl methyl sites for hydroxylation is 2. The van der Waals surface area contributed by atoms with E-state index in [0.29, 0.717) is 19.4 Å². The van der Waals surface area contributed by atoms with Crippen LogP contribution < -0.4 is 4.74 Å². The fourth-order valence-electron chi connectivity index (χ4n) is 1.59. The number of hydrogen-bond acceptors (Lipinski definition) is 3. The second kappa shape index (κ2) is 6.02. The Hall–Kier alpha value is -1.07. The maximum absolute atomic E-state index is 10.5. The van der Waals surface area contributed by atoms with Gasteiger partial charge in [-0.2, -0.15) is 8.42 Å². The lowest BCUT2D eigenvalue weighted by Gasteiger charge is -2.11. The topological polar surface area (TPSA) is 63.6 Å². The van der Waals surface area contributed by atoms with Crippen molar-refractivity contribution in [1.29, 1.82) is 0 Å². The zero-order valence-electron chi connectivity index (χ0n) is 10.1. The summed E-state index contributed by atoms with van der Waals surface area (Å²) in [7, 11) is -3.84. The molecule has 1 N–H and O–H groups in total. The lowest BCUT2D eigenvalue weighted by atomic mass is 10.1. The molecule has 1 aromatic carbocycles. The minimum atomic E-state index is -3.84. The molecule has 1 aromatic rings. The average molecular weight is 258 g/mol. The monoisotopic (exact) mass is 258 g/mol. The fraction of sp³-hybridized carbons (Fsp3) is 0.500. The molecule has 0 fully saturated rings. The Morgan fingerprint density at radius 1 is 1.18 bits per heavy atom. The molecule has 0 aliphatic heterocycles. The Morgan fingerprint density at radius 3 is 2.29 bits per heavy atom. The molecule has 0 spiro atoms. The van der Waals surface area contributed by atoms with Crippen LogP contribution in [-0.4, -0.2) is 25.3 Å². The SMILES string of the molecule is Cc1cccc(C)c1OCCCCS(=O)(=O)O. The summed E-state index contributed by atoms with van der Waals surface area (Å²) < 4.78 is 35.1. The summed E-state index contributed by atoms with van der Waals surface area (Å²) in [6.07, 6.45) is 1.01. The van der Waals surface area contributed by atoms with Crippen LogP contribution >= 0.6 is 0 Å². The normalized spacial score (nSPS) is 11.5. The summed E-state index contributed by atoms with van der Waals surface area (Å²) in [6.45, 7) is 4.41. The lowest BCUT2D eigenvalue weighted by molar-refractivity contribution is 0.305. The highest BCUT2D eigenvalue weighted by Gasteiger charge is 2.05. The fourth-order valence-corrected chi connectivity index (χ4v) is 2.16. The summed E-state index contributed by atoms with van der Waals surface area (Å²) in [6, 6.07) is 5.91. The van der Waals surface area contributed by atoms with Gasteiger partial charge in [0.15, 0.2) is 0 Å². The summed E-state index contributed by atoms with van der Waals surface area (Å²) >= 11 is 0. The minimum Gasteiger partial charge on any atom is -0.493 e. The van der Waals surface area contributed by atoms with Crippen molar-refractivity contribution < 1.29 is 17.7 Å². The van der Waals surface area contributed by atoms with E-state index in [1.807, 2.05) is 32.0 Å². The molecule has 5 heteroatoms. The van der Waals surface area contributed by atoms with E-state index < -0.39 is 10.1 Å². The summed E-state index contributed by atoms with van der Waals surface area (Å²) in [5, 5.41) is 0. The van der Waals surface area contributed by atoms with Crippen LogP contribution in [0.25, 0.3) is 0 Å². The van der Waals surface area contributed by atoms with Crippen molar-refractivity contribution >= 4 is 10.1 Å². The molecule has 0 atom stereocenters. The molecule has 0 aromatic heterocycles. The van der Waals surface area contributed by atoms with Gasteiger partial charge >= 0.3 is 0 Å². The zero-order valence-corrected chi connectivity index (χ0v) is 11.0. The number of ether oxygens (including phenoxy) is 1. The number of benzene rings is 1. The first kappa shape index (κ1) is 14.0. The third-order valence-corrected chi connectivity index (χ3v) is 3.26. The van der Waals surface area contributed by atoms with Crippen molar-refractivity contribution in [1.82, 2.24) is 0 Å². The highest BCUT2D eigenvalue weighted by atomic mass is 32.2.